The number of alkyl halides is 6. The first-order valence-electron chi connectivity index (χ1n) is 4.85. The van der Waals surface area contributed by atoms with Crippen LogP contribution in [0.25, 0.3) is 11.3 Å². The molecule has 0 fully saturated rings. The van der Waals surface area contributed by atoms with Crippen LogP contribution in [0.5, 0.6) is 0 Å². The van der Waals surface area contributed by atoms with E-state index in [0.29, 0.717) is 6.20 Å². The molecule has 0 unspecified atom stereocenters. The molecule has 102 valence electrons. The topological polar surface area (TPSA) is 30.7 Å². The lowest BCUT2D eigenvalue weighted by Crippen LogP contribution is -2.17. The van der Waals surface area contributed by atoms with Crippen molar-refractivity contribution in [1.82, 2.24) is 15.0 Å². The van der Waals surface area contributed by atoms with Crippen LogP contribution in [0, 0.1) is 0 Å². The summed E-state index contributed by atoms with van der Waals surface area (Å²) < 4.78 is 73.3. The van der Waals surface area contributed by atoms with Crippen molar-refractivity contribution in [3.63, 3.8) is 0 Å². The average Bonchev–Trinajstić information content (AvgIpc) is 2.77. The Morgan fingerprint density at radius 1 is 0.895 bits per heavy atom. The molecule has 0 saturated heterocycles. The Balaban J connectivity index is 2.31. The summed E-state index contributed by atoms with van der Waals surface area (Å²) in [7, 11) is 0. The third kappa shape index (κ3) is 2.85. The first-order chi connectivity index (χ1) is 8.68. The van der Waals surface area contributed by atoms with Crippen molar-refractivity contribution in [3.05, 3.63) is 36.0 Å². The number of benzene rings is 1. The Morgan fingerprint density at radius 3 is 1.89 bits per heavy atom. The van der Waals surface area contributed by atoms with Gasteiger partial charge in [0.2, 0.25) is 0 Å². The van der Waals surface area contributed by atoms with Gasteiger partial charge >= 0.3 is 12.5 Å². The Labute approximate surface area is 102 Å². The van der Waals surface area contributed by atoms with E-state index in [0.717, 1.165) is 24.3 Å². The summed E-state index contributed by atoms with van der Waals surface area (Å²) in [4.78, 5) is 0. The zero-order valence-electron chi connectivity index (χ0n) is 9.00. The molecule has 2 rings (SSSR count). The SMILES string of the molecule is FC(F)(F)c1ccc(-c2cn(C(F)(F)F)nn2)cc1. The van der Waals surface area contributed by atoms with Gasteiger partial charge in [-0.1, -0.05) is 17.3 Å². The molecule has 19 heavy (non-hydrogen) atoms. The summed E-state index contributed by atoms with van der Waals surface area (Å²) in [6, 6.07) is 3.60. The molecule has 9 heteroatoms. The molecular formula is C10H5F6N3. The lowest BCUT2D eigenvalue weighted by Gasteiger charge is -2.06. The molecule has 0 aliphatic heterocycles. The first kappa shape index (κ1) is 13.4. The summed E-state index contributed by atoms with van der Waals surface area (Å²) in [5.74, 6) is 0. The molecule has 1 aromatic carbocycles. The molecule has 0 aliphatic rings. The molecule has 1 heterocycles. The first-order valence-corrected chi connectivity index (χ1v) is 4.85. The molecule has 1 aromatic heterocycles. The monoisotopic (exact) mass is 281 g/mol. The predicted molar refractivity (Wildman–Crippen MR) is 51.8 cm³/mol. The maximum absolute atomic E-state index is 12.3. The highest BCUT2D eigenvalue weighted by atomic mass is 19.4. The summed E-state index contributed by atoms with van der Waals surface area (Å²) in [5, 5.41) is 6.11. The van der Waals surface area contributed by atoms with E-state index < -0.39 is 18.0 Å². The summed E-state index contributed by atoms with van der Waals surface area (Å²) >= 11 is 0. The summed E-state index contributed by atoms with van der Waals surface area (Å²) in [6.45, 7) is 0. The fourth-order valence-corrected chi connectivity index (χ4v) is 1.35. The third-order valence-electron chi connectivity index (χ3n) is 2.26. The Morgan fingerprint density at radius 2 is 1.47 bits per heavy atom. The van der Waals surface area contributed by atoms with Crippen molar-refractivity contribution in [2.24, 2.45) is 0 Å². The number of rotatable bonds is 1. The van der Waals surface area contributed by atoms with E-state index in [4.69, 9.17) is 0 Å². The zero-order chi connectivity index (χ0) is 14.3. The van der Waals surface area contributed by atoms with Crippen LogP contribution in [-0.2, 0) is 12.5 Å². The predicted octanol–water partition coefficient (Wildman–Crippen LogP) is 3.44. The third-order valence-corrected chi connectivity index (χ3v) is 2.26. The minimum absolute atomic E-state index is 0.114. The average molecular weight is 281 g/mol. The van der Waals surface area contributed by atoms with Gasteiger partial charge in [-0.05, 0) is 12.1 Å². The van der Waals surface area contributed by atoms with Crippen molar-refractivity contribution in [3.8, 4) is 11.3 Å². The van der Waals surface area contributed by atoms with Crippen molar-refractivity contribution >= 4 is 0 Å². The molecule has 3 nitrogen and oxygen atoms in total. The van der Waals surface area contributed by atoms with Crippen LogP contribution in [0.3, 0.4) is 0 Å². The minimum atomic E-state index is -4.71. The largest absolute Gasteiger partial charge is 0.505 e. The molecule has 0 bridgehead atoms. The maximum Gasteiger partial charge on any atom is 0.505 e. The van der Waals surface area contributed by atoms with Crippen LogP contribution in [0.2, 0.25) is 0 Å². The van der Waals surface area contributed by atoms with Gasteiger partial charge in [0.05, 0.1) is 11.8 Å². The summed E-state index contributed by atoms with van der Waals surface area (Å²) in [6.07, 6.45) is -8.61. The highest BCUT2D eigenvalue weighted by molar-refractivity contribution is 5.58. The van der Waals surface area contributed by atoms with Gasteiger partial charge in [-0.25, -0.2) is 0 Å². The van der Waals surface area contributed by atoms with Crippen LogP contribution in [-0.4, -0.2) is 15.0 Å². The van der Waals surface area contributed by atoms with Gasteiger partial charge in [0, 0.05) is 5.56 Å². The second-order valence-corrected chi connectivity index (χ2v) is 3.59. The van der Waals surface area contributed by atoms with Gasteiger partial charge in [0.25, 0.3) is 0 Å². The highest BCUT2D eigenvalue weighted by Crippen LogP contribution is 2.31. The Kier molecular flexibility index (Phi) is 2.99. The standard InChI is InChI=1S/C10H5F6N3/c11-9(12,13)7-3-1-6(2-4-7)8-5-19(18-17-8)10(14,15)16/h1-5H. The molecule has 0 atom stereocenters. The second-order valence-electron chi connectivity index (χ2n) is 3.59. The van der Waals surface area contributed by atoms with Crippen molar-refractivity contribution in [1.29, 1.82) is 0 Å². The number of halogens is 6. The van der Waals surface area contributed by atoms with Crippen LogP contribution < -0.4 is 0 Å². The van der Waals surface area contributed by atoms with E-state index in [1.54, 1.807) is 0 Å². The fourth-order valence-electron chi connectivity index (χ4n) is 1.35. The van der Waals surface area contributed by atoms with Gasteiger partial charge in [0.15, 0.2) is 0 Å². The molecular weight excluding hydrogens is 276 g/mol. The number of nitrogens with zero attached hydrogens (tertiary/aromatic N) is 3. The molecule has 0 aliphatic carbocycles. The van der Waals surface area contributed by atoms with Crippen LogP contribution >= 0.6 is 0 Å². The second kappa shape index (κ2) is 4.25. The van der Waals surface area contributed by atoms with E-state index in [-0.39, 0.29) is 15.9 Å². The number of aromatic nitrogens is 3. The Bertz CT molecular complexity index is 566. The van der Waals surface area contributed by atoms with E-state index in [1.807, 2.05) is 0 Å². The van der Waals surface area contributed by atoms with Gasteiger partial charge in [-0.3, -0.25) is 0 Å². The van der Waals surface area contributed by atoms with E-state index >= 15 is 0 Å². The van der Waals surface area contributed by atoms with Gasteiger partial charge < -0.3 is 0 Å². The maximum atomic E-state index is 12.3. The van der Waals surface area contributed by atoms with Crippen molar-refractivity contribution in [2.75, 3.05) is 0 Å². The molecule has 0 N–H and O–H groups in total. The number of hydrogen-bond acceptors (Lipinski definition) is 2. The lowest BCUT2D eigenvalue weighted by atomic mass is 10.1. The number of hydrogen-bond donors (Lipinski definition) is 0. The van der Waals surface area contributed by atoms with Gasteiger partial charge in [-0.2, -0.15) is 17.9 Å². The van der Waals surface area contributed by atoms with Crippen LogP contribution in [0.4, 0.5) is 26.3 Å². The molecule has 0 saturated carbocycles. The quantitative estimate of drug-likeness (QED) is 0.750. The minimum Gasteiger partial charge on any atom is -0.166 e. The van der Waals surface area contributed by atoms with E-state index in [9.17, 15) is 26.3 Å². The van der Waals surface area contributed by atoms with Crippen molar-refractivity contribution in [2.45, 2.75) is 12.5 Å². The van der Waals surface area contributed by atoms with Crippen LogP contribution in [0.1, 0.15) is 5.56 Å². The normalized spacial score (nSPS) is 12.7. The van der Waals surface area contributed by atoms with Crippen LogP contribution in [0.15, 0.2) is 30.5 Å². The van der Waals surface area contributed by atoms with Gasteiger partial charge in [0.1, 0.15) is 5.69 Å². The molecule has 0 radical (unpaired) electrons. The van der Waals surface area contributed by atoms with Gasteiger partial charge in [-0.15, -0.1) is 18.3 Å². The molecule has 0 spiro atoms. The van der Waals surface area contributed by atoms with E-state index in [2.05, 4.69) is 10.3 Å². The smallest absolute Gasteiger partial charge is 0.166 e. The Hall–Kier alpha value is -2.06. The van der Waals surface area contributed by atoms with Crippen molar-refractivity contribution < 1.29 is 26.3 Å². The molecule has 2 aromatic rings. The molecule has 0 amide bonds. The highest BCUT2D eigenvalue weighted by Gasteiger charge is 2.33. The zero-order valence-corrected chi connectivity index (χ0v) is 9.00. The summed E-state index contributed by atoms with van der Waals surface area (Å²) in [5.41, 5.74) is -0.936. The lowest BCUT2D eigenvalue weighted by molar-refractivity contribution is -0.213. The van der Waals surface area contributed by atoms with E-state index in [1.165, 1.54) is 0 Å². The fraction of sp³-hybridized carbons (Fsp3) is 0.200.